The SMILES string of the molecule is [CH2]CO.[NaH].[NaH]. The Balaban J connectivity index is -0.0000000200. The van der Waals surface area contributed by atoms with Crippen molar-refractivity contribution in [3.05, 3.63) is 6.92 Å². The molecule has 0 bridgehead atoms. The van der Waals surface area contributed by atoms with Gasteiger partial charge in [0.25, 0.3) is 0 Å². The number of hydrogen-bond donors (Lipinski definition) is 1. The van der Waals surface area contributed by atoms with E-state index in [1.165, 1.54) is 0 Å². The second kappa shape index (κ2) is 16.7. The van der Waals surface area contributed by atoms with Crippen molar-refractivity contribution in [3.8, 4) is 0 Å². The van der Waals surface area contributed by atoms with Crippen LogP contribution in [0.25, 0.3) is 0 Å². The van der Waals surface area contributed by atoms with Gasteiger partial charge in [0, 0.05) is 6.61 Å². The predicted molar refractivity (Wildman–Crippen MR) is 26.7 cm³/mol. The molecule has 0 amide bonds. The normalized spacial score (nSPS) is 3.60. The predicted octanol–water partition coefficient (Wildman–Crippen LogP) is -1.48. The van der Waals surface area contributed by atoms with Gasteiger partial charge < -0.3 is 5.11 Å². The molecule has 0 saturated heterocycles. The zero-order valence-electron chi connectivity index (χ0n) is 1.86. The third-order valence-electron chi connectivity index (χ3n) is 0. The molecule has 0 aliphatic rings. The van der Waals surface area contributed by atoms with Crippen molar-refractivity contribution in [2.24, 2.45) is 0 Å². The minimum absolute atomic E-state index is 0. The minimum atomic E-state index is 0. The van der Waals surface area contributed by atoms with E-state index in [9.17, 15) is 0 Å². The van der Waals surface area contributed by atoms with Crippen LogP contribution in [0.2, 0.25) is 0 Å². The van der Waals surface area contributed by atoms with Gasteiger partial charge in [-0.15, -0.1) is 0 Å². The third kappa shape index (κ3) is 24.3. The Kier molecular flexibility index (Phi) is 52.8. The molecule has 0 rings (SSSR count). The summed E-state index contributed by atoms with van der Waals surface area (Å²) >= 11 is 0. The summed E-state index contributed by atoms with van der Waals surface area (Å²) in [4.78, 5) is 0. The van der Waals surface area contributed by atoms with Crippen LogP contribution >= 0.6 is 0 Å². The zero-order valence-corrected chi connectivity index (χ0v) is 1.86. The molecule has 0 fully saturated rings. The molecule has 0 spiro atoms. The van der Waals surface area contributed by atoms with Gasteiger partial charge in [-0.25, -0.2) is 0 Å². The van der Waals surface area contributed by atoms with Crippen LogP contribution < -0.4 is 0 Å². The second-order valence-electron chi connectivity index (χ2n) is 0.224. The van der Waals surface area contributed by atoms with E-state index in [1.54, 1.807) is 0 Å². The molecule has 0 unspecified atom stereocenters. The van der Waals surface area contributed by atoms with Crippen molar-refractivity contribution >= 4 is 59.1 Å². The fourth-order valence-corrected chi connectivity index (χ4v) is 0. The van der Waals surface area contributed by atoms with Crippen molar-refractivity contribution < 1.29 is 5.11 Å². The summed E-state index contributed by atoms with van der Waals surface area (Å²) in [5.74, 6) is 0. The Morgan fingerprint density at radius 3 is 1.40 bits per heavy atom. The zero-order chi connectivity index (χ0) is 2.71. The summed E-state index contributed by atoms with van der Waals surface area (Å²) in [6.07, 6.45) is 0. The first-order chi connectivity index (χ1) is 1.41. The fourth-order valence-electron chi connectivity index (χ4n) is 0. The van der Waals surface area contributed by atoms with Crippen molar-refractivity contribution in [1.82, 2.24) is 0 Å². The second-order valence-corrected chi connectivity index (χ2v) is 0.224. The van der Waals surface area contributed by atoms with E-state index < -0.39 is 0 Å². The van der Waals surface area contributed by atoms with Crippen LogP contribution in [0.5, 0.6) is 0 Å². The molecular formula is C2H7Na2O. The first kappa shape index (κ1) is 15.8. The van der Waals surface area contributed by atoms with E-state index in [0.29, 0.717) is 0 Å². The Hall–Kier alpha value is 1.96. The molecule has 1 radical (unpaired) electrons. The van der Waals surface area contributed by atoms with Crippen LogP contribution in [0.15, 0.2) is 0 Å². The summed E-state index contributed by atoms with van der Waals surface area (Å²) in [6, 6.07) is 0. The summed E-state index contributed by atoms with van der Waals surface area (Å²) in [7, 11) is 0. The van der Waals surface area contributed by atoms with Crippen molar-refractivity contribution in [1.29, 1.82) is 0 Å². The number of hydrogen-bond acceptors (Lipinski definition) is 1. The molecule has 0 aromatic rings. The molecule has 0 aromatic heterocycles. The van der Waals surface area contributed by atoms with Crippen LogP contribution in [-0.2, 0) is 0 Å². The molecule has 0 aromatic carbocycles. The maximum atomic E-state index is 7.46. The van der Waals surface area contributed by atoms with E-state index in [-0.39, 0.29) is 65.7 Å². The molecule has 0 heterocycles. The monoisotopic (exact) mass is 93.0 g/mol. The Bertz CT molecular complexity index is 7.61. The van der Waals surface area contributed by atoms with E-state index >= 15 is 0 Å². The molecule has 23 valence electrons. The number of aliphatic hydroxyl groups is 1. The average molecular weight is 93.1 g/mol. The molecule has 0 saturated carbocycles. The summed E-state index contributed by atoms with van der Waals surface area (Å²) in [5, 5.41) is 7.46. The van der Waals surface area contributed by atoms with Gasteiger partial charge in [0.05, 0.1) is 0 Å². The molecule has 1 N–H and O–H groups in total. The van der Waals surface area contributed by atoms with Crippen LogP contribution in [0, 0.1) is 6.92 Å². The standard InChI is InChI=1S/C2H5O.2Na.2H/c1-2-3;;;;/h3H,1-2H2;;;;. The Labute approximate surface area is 76.7 Å². The Morgan fingerprint density at radius 2 is 1.40 bits per heavy atom. The van der Waals surface area contributed by atoms with Gasteiger partial charge in [0.2, 0.25) is 0 Å². The number of rotatable bonds is 0. The van der Waals surface area contributed by atoms with Gasteiger partial charge in [-0.1, -0.05) is 0 Å². The topological polar surface area (TPSA) is 20.2 Å². The molecule has 3 heteroatoms. The van der Waals surface area contributed by atoms with Gasteiger partial charge in [-0.05, 0) is 6.92 Å². The summed E-state index contributed by atoms with van der Waals surface area (Å²) in [5.41, 5.74) is 0. The van der Waals surface area contributed by atoms with Gasteiger partial charge in [-0.2, -0.15) is 0 Å². The summed E-state index contributed by atoms with van der Waals surface area (Å²) in [6.45, 7) is 3.04. The molecule has 0 atom stereocenters. The molecule has 5 heavy (non-hydrogen) atoms. The first-order valence-corrected chi connectivity index (χ1v) is 0.816. The molecule has 1 nitrogen and oxygen atoms in total. The van der Waals surface area contributed by atoms with Crippen LogP contribution in [0.4, 0.5) is 0 Å². The van der Waals surface area contributed by atoms with Crippen molar-refractivity contribution in [3.63, 3.8) is 0 Å². The third-order valence-corrected chi connectivity index (χ3v) is 0. The number of aliphatic hydroxyl groups excluding tert-OH is 1. The van der Waals surface area contributed by atoms with E-state index in [0.717, 1.165) is 0 Å². The molecular weight excluding hydrogens is 86.0 g/mol. The van der Waals surface area contributed by atoms with Crippen LogP contribution in [0.1, 0.15) is 0 Å². The van der Waals surface area contributed by atoms with Gasteiger partial charge in [0.1, 0.15) is 0 Å². The van der Waals surface area contributed by atoms with Crippen molar-refractivity contribution in [2.45, 2.75) is 0 Å². The quantitative estimate of drug-likeness (QED) is 0.362. The van der Waals surface area contributed by atoms with Gasteiger partial charge >= 0.3 is 59.1 Å². The maximum absolute atomic E-state index is 7.46. The molecule has 0 aliphatic carbocycles. The molecule has 0 aliphatic heterocycles. The van der Waals surface area contributed by atoms with E-state index in [4.69, 9.17) is 5.11 Å². The summed E-state index contributed by atoms with van der Waals surface area (Å²) < 4.78 is 0. The van der Waals surface area contributed by atoms with Crippen LogP contribution in [0.3, 0.4) is 0 Å². The first-order valence-electron chi connectivity index (χ1n) is 0.816. The Morgan fingerprint density at radius 1 is 1.40 bits per heavy atom. The fraction of sp³-hybridized carbons (Fsp3) is 0.500. The van der Waals surface area contributed by atoms with Crippen LogP contribution in [-0.4, -0.2) is 70.8 Å². The van der Waals surface area contributed by atoms with Gasteiger partial charge in [-0.3, -0.25) is 0 Å². The van der Waals surface area contributed by atoms with E-state index in [1.807, 2.05) is 0 Å². The van der Waals surface area contributed by atoms with Gasteiger partial charge in [0.15, 0.2) is 0 Å². The van der Waals surface area contributed by atoms with E-state index in [2.05, 4.69) is 6.92 Å². The van der Waals surface area contributed by atoms with Crippen molar-refractivity contribution in [2.75, 3.05) is 6.61 Å². The average Bonchev–Trinajstić information content (AvgIpc) is 0.918.